The number of carbonyl (C=O) groups is 4. The number of ether oxygens (including phenoxy) is 4. The van der Waals surface area contributed by atoms with Crippen molar-refractivity contribution in [3.05, 3.63) is 47.5 Å². The molecule has 0 aromatic carbocycles. The summed E-state index contributed by atoms with van der Waals surface area (Å²) in [7, 11) is 2.60. The summed E-state index contributed by atoms with van der Waals surface area (Å²) in [5.74, 6) is -3.26. The number of carbonyl (C=O) groups excluding carboxylic acids is 4. The van der Waals surface area contributed by atoms with Crippen LogP contribution in [0.3, 0.4) is 0 Å². The summed E-state index contributed by atoms with van der Waals surface area (Å²) in [5, 5.41) is 0. The number of allylic oxidation sites excluding steroid dienone is 2. The summed E-state index contributed by atoms with van der Waals surface area (Å²) in [4.78, 5) is 52.9. The fourth-order valence-corrected chi connectivity index (χ4v) is 8.57. The molecule has 1 aliphatic heterocycles. The highest BCUT2D eigenvalue weighted by Gasteiger charge is 2.75. The van der Waals surface area contributed by atoms with E-state index >= 15 is 0 Å². The molecule has 9 heteroatoms. The van der Waals surface area contributed by atoms with E-state index in [1.54, 1.807) is 26.4 Å². The first-order valence-electron chi connectivity index (χ1n) is 13.3. The van der Waals surface area contributed by atoms with Crippen molar-refractivity contribution < 1.29 is 42.5 Å². The van der Waals surface area contributed by atoms with E-state index in [2.05, 4.69) is 6.92 Å². The van der Waals surface area contributed by atoms with Gasteiger partial charge in [-0.05, 0) is 49.5 Å². The number of furan rings is 1. The molecular weight excluding hydrogens is 504 g/mol. The van der Waals surface area contributed by atoms with Gasteiger partial charge in [0.1, 0.15) is 12.2 Å². The molecular formula is C30H36O9. The van der Waals surface area contributed by atoms with Crippen LogP contribution >= 0.6 is 0 Å². The van der Waals surface area contributed by atoms with Crippen molar-refractivity contribution in [3.63, 3.8) is 0 Å². The van der Waals surface area contributed by atoms with Crippen LogP contribution in [-0.4, -0.2) is 56.2 Å². The molecule has 2 heterocycles. The van der Waals surface area contributed by atoms with Crippen LogP contribution in [0.25, 0.3) is 0 Å². The van der Waals surface area contributed by atoms with Crippen LogP contribution < -0.4 is 0 Å². The van der Waals surface area contributed by atoms with Gasteiger partial charge >= 0.3 is 17.9 Å². The van der Waals surface area contributed by atoms with Gasteiger partial charge in [0.05, 0.1) is 44.7 Å². The molecule has 9 atom stereocenters. The third kappa shape index (κ3) is 3.61. The third-order valence-electron chi connectivity index (χ3n) is 10.2. The minimum Gasteiger partial charge on any atom is -0.472 e. The fourth-order valence-electron chi connectivity index (χ4n) is 8.57. The molecule has 5 rings (SSSR count). The Balaban J connectivity index is 1.78. The lowest BCUT2D eigenvalue weighted by Crippen LogP contribution is -2.70. The maximum Gasteiger partial charge on any atom is 0.315 e. The first-order valence-corrected chi connectivity index (χ1v) is 13.3. The van der Waals surface area contributed by atoms with E-state index in [1.807, 2.05) is 13.0 Å². The summed E-state index contributed by atoms with van der Waals surface area (Å²) in [6.45, 7) is 8.83. The largest absolute Gasteiger partial charge is 0.472 e. The zero-order chi connectivity index (χ0) is 28.5. The monoisotopic (exact) mass is 540 g/mol. The van der Waals surface area contributed by atoms with E-state index in [9.17, 15) is 19.2 Å². The molecule has 210 valence electrons. The van der Waals surface area contributed by atoms with Gasteiger partial charge in [0.25, 0.3) is 0 Å². The van der Waals surface area contributed by atoms with Crippen LogP contribution in [-0.2, 0) is 38.1 Å². The number of esters is 3. The fraction of sp³-hybridized carbons (Fsp3) is 0.600. The van der Waals surface area contributed by atoms with Crippen molar-refractivity contribution in [2.45, 2.75) is 71.7 Å². The molecule has 0 bridgehead atoms. The number of ketones is 1. The minimum absolute atomic E-state index is 0.0419. The second-order valence-corrected chi connectivity index (χ2v) is 11.9. The van der Waals surface area contributed by atoms with Crippen molar-refractivity contribution >= 4 is 23.7 Å². The van der Waals surface area contributed by atoms with Crippen LogP contribution in [0, 0.1) is 28.1 Å². The molecule has 0 radical (unpaired) electrons. The van der Waals surface area contributed by atoms with Crippen molar-refractivity contribution in [1.29, 1.82) is 0 Å². The van der Waals surface area contributed by atoms with E-state index in [1.165, 1.54) is 33.3 Å². The maximum absolute atomic E-state index is 14.0. The zero-order valence-corrected chi connectivity index (χ0v) is 23.4. The van der Waals surface area contributed by atoms with Gasteiger partial charge in [-0.3, -0.25) is 19.2 Å². The van der Waals surface area contributed by atoms with Crippen LogP contribution in [0.2, 0.25) is 0 Å². The van der Waals surface area contributed by atoms with Gasteiger partial charge < -0.3 is 23.4 Å². The standard InChI is InChI=1S/C30H36O9/c1-15-18(17-9-11-37-14-17)12-19-23(15)30(5)20(13-22(33)35-6)29(4)21(32)8-10-28(3,27(34)36-7)25(29)24(26(30)39-19)38-16(2)31/h8-11,14,18-20,24-26H,12-13H2,1-7H3/t18-,19-,20-,24-,25-,26-,28-,29+,30-/m1/s1. The normalized spacial score (nSPS) is 40.5. The Hall–Kier alpha value is -3.20. The Morgan fingerprint density at radius 1 is 1.10 bits per heavy atom. The van der Waals surface area contributed by atoms with Gasteiger partial charge in [-0.25, -0.2) is 0 Å². The second kappa shape index (κ2) is 9.18. The van der Waals surface area contributed by atoms with Gasteiger partial charge in [0, 0.05) is 29.6 Å². The lowest BCUT2D eigenvalue weighted by atomic mass is 9.41. The van der Waals surface area contributed by atoms with Gasteiger partial charge in [-0.1, -0.05) is 25.5 Å². The Morgan fingerprint density at radius 3 is 2.41 bits per heavy atom. The molecule has 0 unspecified atom stereocenters. The summed E-state index contributed by atoms with van der Waals surface area (Å²) in [6, 6.07) is 1.93. The van der Waals surface area contributed by atoms with Crippen LogP contribution in [0.4, 0.5) is 0 Å². The molecule has 1 aromatic heterocycles. The smallest absolute Gasteiger partial charge is 0.315 e. The average molecular weight is 541 g/mol. The predicted molar refractivity (Wildman–Crippen MR) is 137 cm³/mol. The van der Waals surface area contributed by atoms with Gasteiger partial charge in [0.15, 0.2) is 5.78 Å². The Labute approximate surface area is 227 Å². The van der Waals surface area contributed by atoms with Crippen LogP contribution in [0.15, 0.2) is 46.3 Å². The molecule has 39 heavy (non-hydrogen) atoms. The van der Waals surface area contributed by atoms with E-state index < -0.39 is 58.2 Å². The first-order chi connectivity index (χ1) is 18.3. The van der Waals surface area contributed by atoms with Gasteiger partial charge in [0.2, 0.25) is 0 Å². The summed E-state index contributed by atoms with van der Waals surface area (Å²) < 4.78 is 28.5. The third-order valence-corrected chi connectivity index (χ3v) is 10.2. The van der Waals surface area contributed by atoms with E-state index in [4.69, 9.17) is 23.4 Å². The van der Waals surface area contributed by atoms with Gasteiger partial charge in [-0.2, -0.15) is 0 Å². The maximum atomic E-state index is 14.0. The van der Waals surface area contributed by atoms with Crippen LogP contribution in [0.5, 0.6) is 0 Å². The van der Waals surface area contributed by atoms with Crippen molar-refractivity contribution in [2.75, 3.05) is 14.2 Å². The highest BCUT2D eigenvalue weighted by atomic mass is 16.6. The molecule has 1 saturated heterocycles. The molecule has 0 N–H and O–H groups in total. The lowest BCUT2D eigenvalue weighted by molar-refractivity contribution is -0.226. The zero-order valence-electron chi connectivity index (χ0n) is 23.4. The summed E-state index contributed by atoms with van der Waals surface area (Å²) in [6.07, 6.45) is 4.88. The van der Waals surface area contributed by atoms with E-state index in [0.717, 1.165) is 16.7 Å². The van der Waals surface area contributed by atoms with Crippen molar-refractivity contribution in [3.8, 4) is 0 Å². The molecule has 1 aromatic rings. The van der Waals surface area contributed by atoms with Gasteiger partial charge in [-0.15, -0.1) is 0 Å². The first kappa shape index (κ1) is 27.4. The number of methoxy groups -OCH3 is 2. The number of hydrogen-bond donors (Lipinski definition) is 0. The molecule has 4 aliphatic rings. The minimum atomic E-state index is -1.32. The summed E-state index contributed by atoms with van der Waals surface area (Å²) in [5.41, 5.74) is -0.391. The topological polar surface area (TPSA) is 118 Å². The molecule has 1 saturated carbocycles. The predicted octanol–water partition coefficient (Wildman–Crippen LogP) is 3.92. The van der Waals surface area contributed by atoms with E-state index in [0.29, 0.717) is 6.42 Å². The average Bonchev–Trinajstić information content (AvgIpc) is 3.60. The Bertz CT molecular complexity index is 1280. The highest BCUT2D eigenvalue weighted by molar-refractivity contribution is 5.99. The second-order valence-electron chi connectivity index (χ2n) is 11.9. The summed E-state index contributed by atoms with van der Waals surface area (Å²) >= 11 is 0. The quantitative estimate of drug-likeness (QED) is 0.311. The van der Waals surface area contributed by atoms with Crippen molar-refractivity contribution in [1.82, 2.24) is 0 Å². The van der Waals surface area contributed by atoms with E-state index in [-0.39, 0.29) is 24.2 Å². The Kier molecular flexibility index (Phi) is 6.44. The molecule has 3 aliphatic carbocycles. The molecule has 0 amide bonds. The van der Waals surface area contributed by atoms with Crippen LogP contribution in [0.1, 0.15) is 58.9 Å². The molecule has 9 nitrogen and oxygen atoms in total. The number of fused-ring (bicyclic) bond motifs is 4. The lowest BCUT2D eigenvalue weighted by Gasteiger charge is -2.62. The van der Waals surface area contributed by atoms with Crippen molar-refractivity contribution in [2.24, 2.45) is 28.1 Å². The molecule has 2 fully saturated rings. The Morgan fingerprint density at radius 2 is 1.82 bits per heavy atom. The number of hydrogen-bond acceptors (Lipinski definition) is 9. The number of rotatable bonds is 5. The SMILES string of the molecule is COC(=O)C[C@H]1[C@]2(C)C3=C(C)[C@H](c4ccoc4)C[C@H]3O[C@@H]2[C@H](OC(C)=O)[C@H]2[C@]1(C)C(=O)C=C[C@@]2(C)C(=O)OC. The molecule has 0 spiro atoms. The highest BCUT2D eigenvalue weighted by Crippen LogP contribution is 2.70.